The molecular formula is C14H17N5O3. The number of nitrogens with zero attached hydrogens (tertiary/aromatic N) is 4. The first-order valence-corrected chi connectivity index (χ1v) is 7.08. The van der Waals surface area contributed by atoms with Gasteiger partial charge in [0.25, 0.3) is 0 Å². The second kappa shape index (κ2) is 5.63. The summed E-state index contributed by atoms with van der Waals surface area (Å²) in [6.07, 6.45) is 3.79. The number of fused-ring (bicyclic) bond motifs is 1. The van der Waals surface area contributed by atoms with Crippen molar-refractivity contribution in [1.29, 1.82) is 0 Å². The zero-order valence-electron chi connectivity index (χ0n) is 12.2. The maximum absolute atomic E-state index is 12.4. The van der Waals surface area contributed by atoms with Crippen LogP contribution in [0.2, 0.25) is 0 Å². The van der Waals surface area contributed by atoms with Gasteiger partial charge in [0.1, 0.15) is 6.04 Å². The van der Waals surface area contributed by atoms with Crippen LogP contribution in [0.3, 0.4) is 0 Å². The number of carbonyl (C=O) groups excluding carboxylic acids is 1. The third-order valence-corrected chi connectivity index (χ3v) is 3.83. The third kappa shape index (κ3) is 2.72. The lowest BCUT2D eigenvalue weighted by molar-refractivity contribution is -0.151. The molecule has 0 aromatic carbocycles. The van der Waals surface area contributed by atoms with E-state index in [0.29, 0.717) is 6.54 Å². The lowest BCUT2D eigenvalue weighted by Gasteiger charge is -2.32. The van der Waals surface area contributed by atoms with Crippen LogP contribution in [0.15, 0.2) is 18.6 Å². The van der Waals surface area contributed by atoms with Crippen molar-refractivity contribution in [2.24, 2.45) is 0 Å². The minimum absolute atomic E-state index is 0.194. The fraction of sp³-hybridized carbons (Fsp3) is 0.429. The van der Waals surface area contributed by atoms with Gasteiger partial charge in [0.2, 0.25) is 5.91 Å². The Morgan fingerprint density at radius 2 is 2.32 bits per heavy atom. The van der Waals surface area contributed by atoms with E-state index >= 15 is 0 Å². The molecule has 3 rings (SSSR count). The first-order valence-electron chi connectivity index (χ1n) is 7.08. The number of hydrogen-bond donors (Lipinski definition) is 2. The van der Waals surface area contributed by atoms with Gasteiger partial charge in [0.05, 0.1) is 30.0 Å². The van der Waals surface area contributed by atoms with E-state index in [1.807, 2.05) is 13.0 Å². The molecule has 1 unspecified atom stereocenters. The van der Waals surface area contributed by atoms with Crippen LogP contribution < -0.4 is 0 Å². The average Bonchev–Trinajstić information content (AvgIpc) is 3.11. The van der Waals surface area contributed by atoms with Crippen LogP contribution in [-0.4, -0.2) is 47.7 Å². The highest BCUT2D eigenvalue weighted by atomic mass is 16.4. The smallest absolute Gasteiger partial charge is 0.326 e. The molecule has 0 fully saturated rings. The summed E-state index contributed by atoms with van der Waals surface area (Å²) >= 11 is 0. The standard InChI is InChI=1S/C14H17N5O3/c1-9-2-4-18(17-9)5-3-13(20)19-7-11-10(15-8-16-11)6-12(19)14(21)22/h2,4,8,12H,3,5-7H2,1H3,(H,15,16)(H,21,22). The Labute approximate surface area is 126 Å². The largest absolute Gasteiger partial charge is 0.480 e. The maximum Gasteiger partial charge on any atom is 0.326 e. The summed E-state index contributed by atoms with van der Waals surface area (Å²) < 4.78 is 1.69. The number of aromatic amines is 1. The molecule has 2 aromatic rings. The Morgan fingerprint density at radius 3 is 3.00 bits per heavy atom. The minimum atomic E-state index is -1.00. The van der Waals surface area contributed by atoms with Gasteiger partial charge in [-0.3, -0.25) is 9.48 Å². The number of nitrogens with one attached hydrogen (secondary N) is 1. The highest BCUT2D eigenvalue weighted by Crippen LogP contribution is 2.21. The highest BCUT2D eigenvalue weighted by Gasteiger charge is 2.35. The average molecular weight is 303 g/mol. The maximum atomic E-state index is 12.4. The first-order chi connectivity index (χ1) is 10.5. The third-order valence-electron chi connectivity index (χ3n) is 3.83. The molecule has 0 saturated carbocycles. The molecule has 22 heavy (non-hydrogen) atoms. The number of imidazole rings is 1. The number of carbonyl (C=O) groups is 2. The Bertz CT molecular complexity index is 705. The predicted molar refractivity (Wildman–Crippen MR) is 75.8 cm³/mol. The van der Waals surface area contributed by atoms with E-state index in [1.54, 1.807) is 10.9 Å². The van der Waals surface area contributed by atoms with Crippen LogP contribution in [-0.2, 0) is 29.1 Å². The molecule has 0 radical (unpaired) electrons. The van der Waals surface area contributed by atoms with E-state index in [-0.39, 0.29) is 25.3 Å². The number of rotatable bonds is 4. The summed E-state index contributed by atoms with van der Waals surface area (Å²) in [5.74, 6) is -1.20. The van der Waals surface area contributed by atoms with E-state index in [1.165, 1.54) is 11.2 Å². The number of amides is 1. The van der Waals surface area contributed by atoms with Crippen molar-refractivity contribution in [1.82, 2.24) is 24.6 Å². The molecule has 0 saturated heterocycles. The topological polar surface area (TPSA) is 104 Å². The van der Waals surface area contributed by atoms with Crippen molar-refractivity contribution in [3.05, 3.63) is 35.7 Å². The van der Waals surface area contributed by atoms with E-state index in [4.69, 9.17) is 0 Å². The molecule has 8 nitrogen and oxygen atoms in total. The molecule has 2 N–H and O–H groups in total. The molecule has 0 bridgehead atoms. The molecule has 0 aliphatic carbocycles. The molecule has 1 amide bonds. The van der Waals surface area contributed by atoms with Crippen LogP contribution in [0, 0.1) is 6.92 Å². The SMILES string of the molecule is Cc1ccn(CCC(=O)N2Cc3[nH]cnc3CC2C(=O)O)n1. The quantitative estimate of drug-likeness (QED) is 0.847. The van der Waals surface area contributed by atoms with Crippen molar-refractivity contribution in [3.8, 4) is 0 Å². The Hall–Kier alpha value is -2.64. The van der Waals surface area contributed by atoms with Crippen molar-refractivity contribution in [2.45, 2.75) is 38.9 Å². The number of aryl methyl sites for hydroxylation is 2. The summed E-state index contributed by atoms with van der Waals surface area (Å²) in [4.78, 5) is 32.3. The molecule has 8 heteroatoms. The first kappa shape index (κ1) is 14.3. The second-order valence-electron chi connectivity index (χ2n) is 5.38. The zero-order valence-corrected chi connectivity index (χ0v) is 12.2. The van der Waals surface area contributed by atoms with E-state index < -0.39 is 12.0 Å². The van der Waals surface area contributed by atoms with Crippen molar-refractivity contribution >= 4 is 11.9 Å². The van der Waals surface area contributed by atoms with Crippen molar-refractivity contribution in [2.75, 3.05) is 0 Å². The van der Waals surface area contributed by atoms with Gasteiger partial charge < -0.3 is 15.0 Å². The van der Waals surface area contributed by atoms with Crippen LogP contribution in [0.1, 0.15) is 23.5 Å². The lowest BCUT2D eigenvalue weighted by Crippen LogP contribution is -2.48. The van der Waals surface area contributed by atoms with Crippen molar-refractivity contribution in [3.63, 3.8) is 0 Å². The van der Waals surface area contributed by atoms with E-state index in [2.05, 4.69) is 15.1 Å². The number of carboxylic acid groups (broad SMARTS) is 1. The van der Waals surface area contributed by atoms with Gasteiger partial charge >= 0.3 is 5.97 Å². The lowest BCUT2D eigenvalue weighted by atomic mass is 10.0. The van der Waals surface area contributed by atoms with Gasteiger partial charge in [-0.25, -0.2) is 9.78 Å². The van der Waals surface area contributed by atoms with Gasteiger partial charge in [-0.05, 0) is 13.0 Å². The highest BCUT2D eigenvalue weighted by molar-refractivity contribution is 5.84. The monoisotopic (exact) mass is 303 g/mol. The number of carboxylic acids is 1. The zero-order chi connectivity index (χ0) is 15.7. The van der Waals surface area contributed by atoms with Crippen LogP contribution >= 0.6 is 0 Å². The number of aliphatic carboxylic acids is 1. The minimum Gasteiger partial charge on any atom is -0.480 e. The summed E-state index contributed by atoms with van der Waals surface area (Å²) in [7, 11) is 0. The summed E-state index contributed by atoms with van der Waals surface area (Å²) in [6, 6.07) is 1.00. The normalized spacial score (nSPS) is 17.3. The molecular weight excluding hydrogens is 286 g/mol. The molecule has 1 aliphatic heterocycles. The van der Waals surface area contributed by atoms with Gasteiger partial charge in [-0.1, -0.05) is 0 Å². The molecule has 1 aliphatic rings. The van der Waals surface area contributed by atoms with E-state index in [9.17, 15) is 14.7 Å². The fourth-order valence-electron chi connectivity index (χ4n) is 2.66. The summed E-state index contributed by atoms with van der Waals surface area (Å²) in [6.45, 7) is 2.57. The summed E-state index contributed by atoms with van der Waals surface area (Å²) in [5, 5.41) is 13.6. The van der Waals surface area contributed by atoms with Gasteiger partial charge in [-0.2, -0.15) is 5.10 Å². The van der Waals surface area contributed by atoms with Crippen LogP contribution in [0.4, 0.5) is 0 Å². The molecule has 3 heterocycles. The fourth-order valence-corrected chi connectivity index (χ4v) is 2.66. The Kier molecular flexibility index (Phi) is 3.66. The predicted octanol–water partition coefficient (Wildman–Crippen LogP) is 0.343. The van der Waals surface area contributed by atoms with Gasteiger partial charge in [0, 0.05) is 25.6 Å². The molecule has 116 valence electrons. The van der Waals surface area contributed by atoms with Gasteiger partial charge in [0.15, 0.2) is 0 Å². The van der Waals surface area contributed by atoms with Gasteiger partial charge in [-0.15, -0.1) is 0 Å². The molecule has 0 spiro atoms. The van der Waals surface area contributed by atoms with Crippen molar-refractivity contribution < 1.29 is 14.7 Å². The summed E-state index contributed by atoms with van der Waals surface area (Å²) in [5.41, 5.74) is 2.41. The van der Waals surface area contributed by atoms with Crippen LogP contribution in [0.25, 0.3) is 0 Å². The Balaban J connectivity index is 1.71. The number of hydrogen-bond acceptors (Lipinski definition) is 4. The molecule has 1 atom stereocenters. The Morgan fingerprint density at radius 1 is 1.50 bits per heavy atom. The van der Waals surface area contributed by atoms with Crippen LogP contribution in [0.5, 0.6) is 0 Å². The molecule has 2 aromatic heterocycles. The van der Waals surface area contributed by atoms with E-state index in [0.717, 1.165) is 17.1 Å². The second-order valence-corrected chi connectivity index (χ2v) is 5.38. The number of H-pyrrole nitrogens is 1. The number of aromatic nitrogens is 4.